The summed E-state index contributed by atoms with van der Waals surface area (Å²) in [6.07, 6.45) is 3.44. The maximum Gasteiger partial charge on any atom is 0.241 e. The molecule has 0 saturated heterocycles. The number of nitrogens with zero attached hydrogens (tertiary/aromatic N) is 2. The number of benzene rings is 1. The summed E-state index contributed by atoms with van der Waals surface area (Å²) in [5.74, 6) is -0.0428. The molecule has 4 nitrogen and oxygen atoms in total. The molecule has 0 radical (unpaired) electrons. The van der Waals surface area contributed by atoms with Gasteiger partial charge in [-0.15, -0.1) is 0 Å². The normalized spacial score (nSPS) is 10.5. The van der Waals surface area contributed by atoms with Crippen LogP contribution in [0.5, 0.6) is 0 Å². The van der Waals surface area contributed by atoms with Crippen molar-refractivity contribution in [3.05, 3.63) is 65.1 Å². The number of thiophene rings is 1. The molecule has 0 aliphatic carbocycles. The highest BCUT2D eigenvalue weighted by atomic mass is 32.1. The lowest BCUT2D eigenvalue weighted by atomic mass is 10.0. The first-order chi connectivity index (χ1) is 10.3. The standard InChI is InChI=1S/C16H15N3OS/c20-16(11-19-8-3-7-18-19)17-10-13-4-1-2-5-15(13)14-6-9-21-12-14/h1-9,12H,10-11H2,(H,17,20). The van der Waals surface area contributed by atoms with Crippen molar-refractivity contribution >= 4 is 17.2 Å². The molecule has 1 aromatic carbocycles. The summed E-state index contributed by atoms with van der Waals surface area (Å²) >= 11 is 1.67. The zero-order valence-electron chi connectivity index (χ0n) is 11.4. The third kappa shape index (κ3) is 3.38. The Bertz CT molecular complexity index is 705. The number of nitrogens with one attached hydrogen (secondary N) is 1. The SMILES string of the molecule is O=C(Cn1cccn1)NCc1ccccc1-c1ccsc1. The van der Waals surface area contributed by atoms with Gasteiger partial charge in [0.1, 0.15) is 6.54 Å². The molecular formula is C16H15N3OS. The molecule has 0 aliphatic heterocycles. The lowest BCUT2D eigenvalue weighted by Gasteiger charge is -2.10. The Morgan fingerprint density at radius 3 is 2.90 bits per heavy atom. The molecule has 2 heterocycles. The molecule has 2 aromatic heterocycles. The lowest BCUT2D eigenvalue weighted by Crippen LogP contribution is -2.27. The third-order valence-corrected chi connectivity index (χ3v) is 3.87. The van der Waals surface area contributed by atoms with E-state index in [1.807, 2.05) is 18.2 Å². The lowest BCUT2D eigenvalue weighted by molar-refractivity contribution is -0.122. The monoisotopic (exact) mass is 297 g/mol. The number of amides is 1. The van der Waals surface area contributed by atoms with Gasteiger partial charge in [-0.3, -0.25) is 9.48 Å². The van der Waals surface area contributed by atoms with Crippen LogP contribution in [0.15, 0.2) is 59.6 Å². The highest BCUT2D eigenvalue weighted by molar-refractivity contribution is 7.08. The summed E-state index contributed by atoms with van der Waals surface area (Å²) in [4.78, 5) is 11.9. The fourth-order valence-corrected chi connectivity index (χ4v) is 2.82. The average molecular weight is 297 g/mol. The zero-order chi connectivity index (χ0) is 14.5. The quantitative estimate of drug-likeness (QED) is 0.787. The van der Waals surface area contributed by atoms with Crippen molar-refractivity contribution in [1.29, 1.82) is 0 Å². The van der Waals surface area contributed by atoms with E-state index in [9.17, 15) is 4.79 Å². The highest BCUT2D eigenvalue weighted by Crippen LogP contribution is 2.25. The van der Waals surface area contributed by atoms with Crippen LogP contribution in [-0.2, 0) is 17.9 Å². The molecule has 0 saturated carbocycles. The van der Waals surface area contributed by atoms with E-state index in [0.717, 1.165) is 11.1 Å². The summed E-state index contributed by atoms with van der Waals surface area (Å²) < 4.78 is 1.61. The Morgan fingerprint density at radius 1 is 1.24 bits per heavy atom. The van der Waals surface area contributed by atoms with Crippen LogP contribution in [0.1, 0.15) is 5.56 Å². The van der Waals surface area contributed by atoms with Crippen molar-refractivity contribution in [3.8, 4) is 11.1 Å². The number of hydrogen-bond donors (Lipinski definition) is 1. The zero-order valence-corrected chi connectivity index (χ0v) is 12.2. The van der Waals surface area contributed by atoms with Crippen molar-refractivity contribution < 1.29 is 4.79 Å². The average Bonchev–Trinajstić information content (AvgIpc) is 3.18. The maximum absolute atomic E-state index is 11.9. The Hall–Kier alpha value is -2.40. The van der Waals surface area contributed by atoms with E-state index in [1.165, 1.54) is 5.56 Å². The van der Waals surface area contributed by atoms with E-state index >= 15 is 0 Å². The van der Waals surface area contributed by atoms with Gasteiger partial charge < -0.3 is 5.32 Å². The van der Waals surface area contributed by atoms with E-state index in [4.69, 9.17) is 0 Å². The summed E-state index contributed by atoms with van der Waals surface area (Å²) in [6.45, 7) is 0.764. The number of rotatable bonds is 5. The fourth-order valence-electron chi connectivity index (χ4n) is 2.16. The maximum atomic E-state index is 11.9. The smallest absolute Gasteiger partial charge is 0.241 e. The van der Waals surface area contributed by atoms with Crippen LogP contribution < -0.4 is 5.32 Å². The first-order valence-electron chi connectivity index (χ1n) is 6.67. The van der Waals surface area contributed by atoms with E-state index in [0.29, 0.717) is 6.54 Å². The van der Waals surface area contributed by atoms with Crippen LogP contribution in [0.2, 0.25) is 0 Å². The number of carbonyl (C=O) groups is 1. The van der Waals surface area contributed by atoms with Crippen molar-refractivity contribution in [2.45, 2.75) is 13.1 Å². The predicted octanol–water partition coefficient (Wildman–Crippen LogP) is 2.93. The van der Waals surface area contributed by atoms with E-state index in [1.54, 1.807) is 34.5 Å². The van der Waals surface area contributed by atoms with Crippen LogP contribution in [0.3, 0.4) is 0 Å². The molecule has 0 fully saturated rings. The molecular weight excluding hydrogens is 282 g/mol. The minimum Gasteiger partial charge on any atom is -0.350 e. The second kappa shape index (κ2) is 6.37. The summed E-state index contributed by atoms with van der Waals surface area (Å²) in [7, 11) is 0. The fraction of sp³-hybridized carbons (Fsp3) is 0.125. The molecule has 0 bridgehead atoms. The number of aromatic nitrogens is 2. The van der Waals surface area contributed by atoms with Crippen molar-refractivity contribution in [1.82, 2.24) is 15.1 Å². The molecule has 3 rings (SSSR count). The summed E-state index contributed by atoms with van der Waals surface area (Å²) in [5.41, 5.74) is 3.47. The van der Waals surface area contributed by atoms with Crippen LogP contribution in [0, 0.1) is 0 Å². The van der Waals surface area contributed by atoms with Gasteiger partial charge in [-0.05, 0) is 39.6 Å². The minimum absolute atomic E-state index is 0.0428. The summed E-state index contributed by atoms with van der Waals surface area (Å²) in [5, 5.41) is 11.1. The first-order valence-corrected chi connectivity index (χ1v) is 7.62. The third-order valence-electron chi connectivity index (χ3n) is 3.19. The van der Waals surface area contributed by atoms with Gasteiger partial charge in [0.2, 0.25) is 5.91 Å². The van der Waals surface area contributed by atoms with Crippen molar-refractivity contribution in [2.75, 3.05) is 0 Å². The molecule has 0 atom stereocenters. The molecule has 5 heteroatoms. The predicted molar refractivity (Wildman–Crippen MR) is 83.8 cm³/mol. The Morgan fingerprint density at radius 2 is 2.14 bits per heavy atom. The van der Waals surface area contributed by atoms with Gasteiger partial charge in [-0.25, -0.2) is 0 Å². The number of carbonyl (C=O) groups excluding carboxylic acids is 1. The van der Waals surface area contributed by atoms with Crippen molar-refractivity contribution in [3.63, 3.8) is 0 Å². The molecule has 0 unspecified atom stereocenters. The highest BCUT2D eigenvalue weighted by Gasteiger charge is 2.07. The van der Waals surface area contributed by atoms with Crippen LogP contribution in [0.25, 0.3) is 11.1 Å². The van der Waals surface area contributed by atoms with Gasteiger partial charge in [0.15, 0.2) is 0 Å². The molecule has 3 aromatic rings. The van der Waals surface area contributed by atoms with Gasteiger partial charge >= 0.3 is 0 Å². The van der Waals surface area contributed by atoms with Crippen LogP contribution in [0.4, 0.5) is 0 Å². The van der Waals surface area contributed by atoms with Gasteiger partial charge in [0.05, 0.1) is 0 Å². The Kier molecular flexibility index (Phi) is 4.12. The second-order valence-corrected chi connectivity index (χ2v) is 5.43. The van der Waals surface area contributed by atoms with E-state index in [2.05, 4.69) is 33.3 Å². The topological polar surface area (TPSA) is 46.9 Å². The van der Waals surface area contributed by atoms with E-state index in [-0.39, 0.29) is 12.5 Å². The Labute approximate surface area is 127 Å². The van der Waals surface area contributed by atoms with Crippen molar-refractivity contribution in [2.24, 2.45) is 0 Å². The molecule has 0 spiro atoms. The van der Waals surface area contributed by atoms with Gasteiger partial charge in [0.25, 0.3) is 0 Å². The van der Waals surface area contributed by atoms with Gasteiger partial charge in [0, 0.05) is 18.9 Å². The van der Waals surface area contributed by atoms with Crippen LogP contribution >= 0.6 is 11.3 Å². The minimum atomic E-state index is -0.0428. The number of hydrogen-bond acceptors (Lipinski definition) is 3. The Balaban J connectivity index is 1.67. The van der Waals surface area contributed by atoms with Gasteiger partial charge in [-0.1, -0.05) is 24.3 Å². The first kappa shape index (κ1) is 13.6. The molecule has 1 amide bonds. The summed E-state index contributed by atoms with van der Waals surface area (Å²) in [6, 6.07) is 12.0. The molecule has 0 aliphatic rings. The largest absolute Gasteiger partial charge is 0.350 e. The second-order valence-electron chi connectivity index (χ2n) is 4.65. The van der Waals surface area contributed by atoms with Crippen LogP contribution in [-0.4, -0.2) is 15.7 Å². The molecule has 1 N–H and O–H groups in total. The molecule has 21 heavy (non-hydrogen) atoms. The molecule has 106 valence electrons. The van der Waals surface area contributed by atoms with Gasteiger partial charge in [-0.2, -0.15) is 16.4 Å². The van der Waals surface area contributed by atoms with E-state index < -0.39 is 0 Å².